The molecule has 118 valence electrons. The van der Waals surface area contributed by atoms with E-state index in [0.717, 1.165) is 54.4 Å². The molecule has 2 aromatic rings. The van der Waals surface area contributed by atoms with Gasteiger partial charge < -0.3 is 19.3 Å². The number of rotatable bonds is 5. The van der Waals surface area contributed by atoms with Crippen LogP contribution in [0.25, 0.3) is 0 Å². The number of ether oxygens (including phenoxy) is 2. The average Bonchev–Trinajstić information content (AvgIpc) is 2.93. The molecule has 1 aliphatic heterocycles. The fraction of sp³-hybridized carbons (Fsp3) is 0.471. The summed E-state index contributed by atoms with van der Waals surface area (Å²) >= 11 is 0. The second kappa shape index (κ2) is 6.83. The summed E-state index contributed by atoms with van der Waals surface area (Å²) in [6.07, 6.45) is 2.93. The van der Waals surface area contributed by atoms with Crippen LogP contribution in [0.2, 0.25) is 0 Å². The van der Waals surface area contributed by atoms with E-state index in [-0.39, 0.29) is 6.04 Å². The van der Waals surface area contributed by atoms with Crippen molar-refractivity contribution in [2.75, 3.05) is 13.7 Å². The van der Waals surface area contributed by atoms with Crippen molar-refractivity contribution >= 4 is 0 Å². The molecule has 1 atom stereocenters. The number of benzene rings is 1. The predicted molar refractivity (Wildman–Crippen MR) is 83.2 cm³/mol. The molecular weight excluding hydrogens is 280 g/mol. The van der Waals surface area contributed by atoms with Crippen LogP contribution in [0.3, 0.4) is 0 Å². The van der Waals surface area contributed by atoms with Gasteiger partial charge in [-0.1, -0.05) is 12.1 Å². The van der Waals surface area contributed by atoms with E-state index >= 15 is 0 Å². The fourth-order valence-corrected chi connectivity index (χ4v) is 2.72. The normalized spacial score (nSPS) is 17.5. The van der Waals surface area contributed by atoms with Crippen molar-refractivity contribution in [2.24, 2.45) is 0 Å². The molecule has 0 aliphatic carbocycles. The van der Waals surface area contributed by atoms with Crippen LogP contribution in [0.1, 0.15) is 42.8 Å². The predicted octanol–water partition coefficient (Wildman–Crippen LogP) is 3.25. The summed E-state index contributed by atoms with van der Waals surface area (Å²) in [6.45, 7) is 3.48. The first-order valence-electron chi connectivity index (χ1n) is 7.78. The highest BCUT2D eigenvalue weighted by Gasteiger charge is 2.20. The first-order valence-corrected chi connectivity index (χ1v) is 7.78. The summed E-state index contributed by atoms with van der Waals surface area (Å²) in [7, 11) is 1.68. The number of hydrogen-bond acceptors (Lipinski definition) is 5. The van der Waals surface area contributed by atoms with Crippen LogP contribution in [0, 0.1) is 0 Å². The molecule has 1 aliphatic rings. The zero-order chi connectivity index (χ0) is 15.4. The summed E-state index contributed by atoms with van der Waals surface area (Å²) in [5.74, 6) is 2.65. The summed E-state index contributed by atoms with van der Waals surface area (Å²) in [6, 6.07) is 8.20. The Bertz CT molecular complexity index is 624. The van der Waals surface area contributed by atoms with Gasteiger partial charge in [-0.2, -0.15) is 0 Å². The Morgan fingerprint density at radius 3 is 3.05 bits per heavy atom. The maximum absolute atomic E-state index is 5.82. The second-order valence-electron chi connectivity index (χ2n) is 5.47. The van der Waals surface area contributed by atoms with Crippen molar-refractivity contribution in [3.8, 4) is 11.5 Å². The van der Waals surface area contributed by atoms with Crippen LogP contribution in [0.15, 0.2) is 28.8 Å². The molecule has 0 saturated heterocycles. The number of hydrogen-bond donors (Lipinski definition) is 1. The van der Waals surface area contributed by atoms with Crippen LogP contribution < -0.4 is 14.8 Å². The lowest BCUT2D eigenvalue weighted by Crippen LogP contribution is -2.20. The molecule has 1 aromatic heterocycles. The lowest BCUT2D eigenvalue weighted by molar-refractivity contribution is 0.314. The van der Waals surface area contributed by atoms with Crippen molar-refractivity contribution in [1.29, 1.82) is 0 Å². The van der Waals surface area contributed by atoms with Crippen LogP contribution >= 0.6 is 0 Å². The highest BCUT2D eigenvalue weighted by molar-refractivity contribution is 5.42. The van der Waals surface area contributed by atoms with Gasteiger partial charge in [0, 0.05) is 17.7 Å². The third kappa shape index (κ3) is 3.25. The Kier molecular flexibility index (Phi) is 4.63. The topological polar surface area (TPSA) is 56.5 Å². The van der Waals surface area contributed by atoms with Crippen LogP contribution in [-0.4, -0.2) is 18.9 Å². The third-order valence-electron chi connectivity index (χ3n) is 3.98. The van der Waals surface area contributed by atoms with E-state index in [1.807, 2.05) is 18.2 Å². The zero-order valence-electron chi connectivity index (χ0n) is 13.1. The minimum absolute atomic E-state index is 0.225. The Morgan fingerprint density at radius 2 is 2.27 bits per heavy atom. The molecule has 3 rings (SSSR count). The second-order valence-corrected chi connectivity index (χ2v) is 5.47. The summed E-state index contributed by atoms with van der Waals surface area (Å²) < 4.78 is 16.5. The molecule has 0 saturated carbocycles. The van der Waals surface area contributed by atoms with Crippen LogP contribution in [-0.2, 0) is 13.0 Å². The number of methoxy groups -OCH3 is 1. The number of aryl methyl sites for hydroxylation is 1. The minimum Gasteiger partial charge on any atom is -0.497 e. The Labute approximate surface area is 130 Å². The van der Waals surface area contributed by atoms with Crippen LogP contribution in [0.4, 0.5) is 0 Å². The van der Waals surface area contributed by atoms with E-state index in [0.29, 0.717) is 6.54 Å². The molecule has 1 N–H and O–H groups in total. The van der Waals surface area contributed by atoms with E-state index in [4.69, 9.17) is 14.0 Å². The lowest BCUT2D eigenvalue weighted by Gasteiger charge is -2.18. The van der Waals surface area contributed by atoms with Crippen molar-refractivity contribution in [3.05, 3.63) is 41.3 Å². The Hall–Kier alpha value is -2.01. The molecule has 22 heavy (non-hydrogen) atoms. The first-order chi connectivity index (χ1) is 10.8. The molecule has 1 aromatic carbocycles. The smallest absolute Gasteiger partial charge is 0.150 e. The summed E-state index contributed by atoms with van der Waals surface area (Å²) in [5.41, 5.74) is 2.13. The quantitative estimate of drug-likeness (QED) is 0.919. The van der Waals surface area contributed by atoms with Gasteiger partial charge in [0.2, 0.25) is 0 Å². The molecule has 5 nitrogen and oxygen atoms in total. The zero-order valence-corrected chi connectivity index (χ0v) is 13.1. The fourth-order valence-electron chi connectivity index (χ4n) is 2.72. The number of fused-ring (bicyclic) bond motifs is 1. The van der Waals surface area contributed by atoms with Crippen molar-refractivity contribution in [2.45, 2.75) is 38.8 Å². The van der Waals surface area contributed by atoms with E-state index in [2.05, 4.69) is 23.5 Å². The number of nitrogens with zero attached hydrogens (tertiary/aromatic N) is 1. The van der Waals surface area contributed by atoms with E-state index < -0.39 is 0 Å². The van der Waals surface area contributed by atoms with Gasteiger partial charge in [0.05, 0.1) is 26.0 Å². The Balaban J connectivity index is 1.75. The van der Waals surface area contributed by atoms with Crippen molar-refractivity contribution in [1.82, 2.24) is 10.5 Å². The molecule has 0 spiro atoms. The lowest BCUT2D eigenvalue weighted by atomic mass is 10.0. The van der Waals surface area contributed by atoms with Crippen molar-refractivity contribution in [3.63, 3.8) is 0 Å². The molecule has 5 heteroatoms. The van der Waals surface area contributed by atoms with Crippen LogP contribution in [0.5, 0.6) is 11.5 Å². The average molecular weight is 302 g/mol. The summed E-state index contributed by atoms with van der Waals surface area (Å²) in [5, 5.41) is 7.58. The van der Waals surface area contributed by atoms with Crippen molar-refractivity contribution < 1.29 is 14.0 Å². The molecule has 1 unspecified atom stereocenters. The highest BCUT2D eigenvalue weighted by atomic mass is 16.5. The van der Waals surface area contributed by atoms with E-state index in [1.165, 1.54) is 0 Å². The standard InChI is InChI=1S/C17H22N2O3/c1-3-12-9-14(22-19-12)11-18-16-5-4-8-21-17-7-6-13(20-2)10-15(16)17/h6-7,9-10,16,18H,3-5,8,11H2,1-2H3. The SMILES string of the molecule is CCc1cc(CNC2CCCOc3ccc(OC)cc32)on1. The largest absolute Gasteiger partial charge is 0.497 e. The van der Waals surface area contributed by atoms with Gasteiger partial charge in [-0.25, -0.2) is 0 Å². The molecule has 0 fully saturated rings. The van der Waals surface area contributed by atoms with Gasteiger partial charge in [-0.15, -0.1) is 0 Å². The van der Waals surface area contributed by atoms with E-state index in [1.54, 1.807) is 7.11 Å². The Morgan fingerprint density at radius 1 is 1.36 bits per heavy atom. The molecule has 0 radical (unpaired) electrons. The molecule has 2 heterocycles. The number of aromatic nitrogens is 1. The minimum atomic E-state index is 0.225. The van der Waals surface area contributed by atoms with Gasteiger partial charge >= 0.3 is 0 Å². The van der Waals surface area contributed by atoms with E-state index in [9.17, 15) is 0 Å². The van der Waals surface area contributed by atoms with Gasteiger partial charge in [-0.05, 0) is 37.5 Å². The maximum atomic E-state index is 5.82. The maximum Gasteiger partial charge on any atom is 0.150 e. The molecule has 0 bridgehead atoms. The molecule has 0 amide bonds. The highest BCUT2D eigenvalue weighted by Crippen LogP contribution is 2.34. The number of nitrogens with one attached hydrogen (secondary N) is 1. The van der Waals surface area contributed by atoms with Gasteiger partial charge in [0.25, 0.3) is 0 Å². The first kappa shape index (κ1) is 14.9. The monoisotopic (exact) mass is 302 g/mol. The molecular formula is C17H22N2O3. The summed E-state index contributed by atoms with van der Waals surface area (Å²) in [4.78, 5) is 0. The van der Waals surface area contributed by atoms with Gasteiger partial charge in [0.1, 0.15) is 11.5 Å². The van der Waals surface area contributed by atoms with Gasteiger partial charge in [-0.3, -0.25) is 0 Å². The third-order valence-corrected chi connectivity index (χ3v) is 3.98. The van der Waals surface area contributed by atoms with Gasteiger partial charge in [0.15, 0.2) is 5.76 Å².